The van der Waals surface area contributed by atoms with Gasteiger partial charge in [-0.25, -0.2) is 14.8 Å². The summed E-state index contributed by atoms with van der Waals surface area (Å²) in [7, 11) is 0. The number of hydrogen-bond acceptors (Lipinski definition) is 7. The third-order valence-corrected chi connectivity index (χ3v) is 1.87. The van der Waals surface area contributed by atoms with E-state index < -0.39 is 5.69 Å². The number of H-pyrrole nitrogens is 1. The fourth-order valence-corrected chi connectivity index (χ4v) is 1.34. The molecule has 2 aromatic rings. The smallest absolute Gasteiger partial charge is 0.350 e. The predicted molar refractivity (Wildman–Crippen MR) is 61.9 cm³/mol. The third-order valence-electron chi connectivity index (χ3n) is 1.87. The van der Waals surface area contributed by atoms with E-state index in [0.717, 1.165) is 11.4 Å². The first-order valence-corrected chi connectivity index (χ1v) is 4.86. The maximum atomic E-state index is 11.1. The number of aromatic amines is 1. The summed E-state index contributed by atoms with van der Waals surface area (Å²) in [5.74, 6) is 0.376. The molecule has 0 fully saturated rings. The summed E-state index contributed by atoms with van der Waals surface area (Å²) >= 11 is 0. The zero-order chi connectivity index (χ0) is 12.4. The van der Waals surface area contributed by atoms with Gasteiger partial charge in [-0.2, -0.15) is 9.97 Å². The normalized spacial score (nSPS) is 10.2. The van der Waals surface area contributed by atoms with E-state index in [1.807, 2.05) is 19.9 Å². The van der Waals surface area contributed by atoms with Crippen LogP contribution in [0.5, 0.6) is 0 Å². The fourth-order valence-electron chi connectivity index (χ4n) is 1.34. The number of nitrogens with one attached hydrogen (secondary N) is 2. The molecule has 0 aliphatic rings. The maximum absolute atomic E-state index is 11.1. The van der Waals surface area contributed by atoms with Crippen molar-refractivity contribution in [3.05, 3.63) is 27.9 Å². The van der Waals surface area contributed by atoms with Crippen molar-refractivity contribution < 1.29 is 0 Å². The summed E-state index contributed by atoms with van der Waals surface area (Å²) in [6.07, 6.45) is 0. The van der Waals surface area contributed by atoms with Gasteiger partial charge in [-0.1, -0.05) is 0 Å². The lowest BCUT2D eigenvalue weighted by atomic mass is 10.4. The highest BCUT2D eigenvalue weighted by Gasteiger charge is 2.04. The van der Waals surface area contributed by atoms with Crippen LogP contribution in [0.3, 0.4) is 0 Å². The zero-order valence-corrected chi connectivity index (χ0v) is 9.35. The van der Waals surface area contributed by atoms with E-state index in [4.69, 9.17) is 5.73 Å². The molecular weight excluding hydrogens is 222 g/mol. The lowest BCUT2D eigenvalue weighted by molar-refractivity contribution is 0.986. The van der Waals surface area contributed by atoms with Crippen molar-refractivity contribution in [2.45, 2.75) is 13.8 Å². The molecule has 2 aromatic heterocycles. The minimum atomic E-state index is -0.579. The Labute approximate surface area is 96.4 Å². The van der Waals surface area contributed by atoms with Gasteiger partial charge in [-0.3, -0.25) is 10.3 Å². The van der Waals surface area contributed by atoms with Crippen molar-refractivity contribution >= 4 is 17.8 Å². The van der Waals surface area contributed by atoms with E-state index in [1.165, 1.54) is 0 Å². The first-order valence-electron chi connectivity index (χ1n) is 4.86. The van der Waals surface area contributed by atoms with E-state index in [-0.39, 0.29) is 11.9 Å². The molecule has 0 spiro atoms. The van der Waals surface area contributed by atoms with Crippen LogP contribution in [0, 0.1) is 13.8 Å². The second kappa shape index (κ2) is 4.16. The molecule has 17 heavy (non-hydrogen) atoms. The second-order valence-electron chi connectivity index (χ2n) is 3.46. The van der Waals surface area contributed by atoms with Crippen LogP contribution in [0.15, 0.2) is 10.9 Å². The molecule has 2 heterocycles. The summed E-state index contributed by atoms with van der Waals surface area (Å²) in [5.41, 5.74) is 6.41. The van der Waals surface area contributed by atoms with Crippen molar-refractivity contribution in [1.82, 2.24) is 24.9 Å². The van der Waals surface area contributed by atoms with Gasteiger partial charge in [0.2, 0.25) is 17.8 Å². The molecule has 2 rings (SSSR count). The molecule has 0 unspecified atom stereocenters. The number of anilines is 3. The predicted octanol–water partition coefficient (Wildman–Crippen LogP) is -0.102. The van der Waals surface area contributed by atoms with Gasteiger partial charge in [0.1, 0.15) is 0 Å². The molecule has 88 valence electrons. The molecule has 0 saturated carbocycles. The average Bonchev–Trinajstić information content (AvgIpc) is 2.13. The first kappa shape index (κ1) is 11.0. The third kappa shape index (κ3) is 2.74. The monoisotopic (exact) mass is 233 g/mol. The van der Waals surface area contributed by atoms with Crippen molar-refractivity contribution in [3.63, 3.8) is 0 Å². The summed E-state index contributed by atoms with van der Waals surface area (Å²) in [6, 6.07) is 1.83. The number of nitrogens with two attached hydrogens (primary N) is 1. The van der Waals surface area contributed by atoms with Crippen LogP contribution in [0.1, 0.15) is 11.4 Å². The van der Waals surface area contributed by atoms with Gasteiger partial charge in [0.05, 0.1) is 0 Å². The molecule has 0 saturated heterocycles. The number of nitrogens with zero attached hydrogens (tertiary/aromatic N) is 4. The topological polar surface area (TPSA) is 122 Å². The standard InChI is InChI=1S/C9H11N7O/c1-4-3-5(2)12-7(11-4)15-8-13-6(10)14-9(17)16-8/h3H,1-2H3,(H4,10,11,12,13,14,15,16,17). The maximum Gasteiger partial charge on any atom is 0.350 e. The van der Waals surface area contributed by atoms with Gasteiger partial charge < -0.3 is 5.73 Å². The van der Waals surface area contributed by atoms with Crippen LogP contribution in [0.4, 0.5) is 17.8 Å². The van der Waals surface area contributed by atoms with E-state index in [2.05, 4.69) is 30.2 Å². The number of hydrogen-bond donors (Lipinski definition) is 3. The van der Waals surface area contributed by atoms with Gasteiger partial charge in [0.15, 0.2) is 0 Å². The van der Waals surface area contributed by atoms with Gasteiger partial charge >= 0.3 is 5.69 Å². The molecule has 8 heteroatoms. The zero-order valence-electron chi connectivity index (χ0n) is 9.35. The van der Waals surface area contributed by atoms with Crippen molar-refractivity contribution in [3.8, 4) is 0 Å². The minimum absolute atomic E-state index is 0.0168. The lowest BCUT2D eigenvalue weighted by Crippen LogP contribution is -2.17. The average molecular weight is 233 g/mol. The molecular formula is C9H11N7O. The summed E-state index contributed by atoms with van der Waals surface area (Å²) in [6.45, 7) is 3.68. The van der Waals surface area contributed by atoms with Crippen LogP contribution < -0.4 is 16.7 Å². The highest BCUT2D eigenvalue weighted by molar-refractivity contribution is 5.43. The Morgan fingerprint density at radius 3 is 2.29 bits per heavy atom. The molecule has 0 aliphatic heterocycles. The molecule has 4 N–H and O–H groups in total. The molecule has 0 aliphatic carbocycles. The Balaban J connectivity index is 2.34. The van der Waals surface area contributed by atoms with Crippen molar-refractivity contribution in [2.75, 3.05) is 11.1 Å². The number of rotatable bonds is 2. The van der Waals surface area contributed by atoms with Crippen LogP contribution in [-0.2, 0) is 0 Å². The fraction of sp³-hybridized carbons (Fsp3) is 0.222. The van der Waals surface area contributed by atoms with Crippen molar-refractivity contribution in [2.24, 2.45) is 0 Å². The largest absolute Gasteiger partial charge is 0.369 e. The van der Waals surface area contributed by atoms with Crippen molar-refractivity contribution in [1.29, 1.82) is 0 Å². The SMILES string of the molecule is Cc1cc(C)nc(Nc2nc(N)[nH]c(=O)n2)n1. The molecule has 0 bridgehead atoms. The Hall–Kier alpha value is -2.51. The highest BCUT2D eigenvalue weighted by Crippen LogP contribution is 2.08. The summed E-state index contributed by atoms with van der Waals surface area (Å²) in [4.78, 5) is 29.0. The van der Waals surface area contributed by atoms with Crippen LogP contribution in [-0.4, -0.2) is 24.9 Å². The van der Waals surface area contributed by atoms with Crippen LogP contribution >= 0.6 is 0 Å². The quantitative estimate of drug-likeness (QED) is 0.661. The van der Waals surface area contributed by atoms with E-state index in [0.29, 0.717) is 5.95 Å². The van der Waals surface area contributed by atoms with Gasteiger partial charge in [-0.05, 0) is 19.9 Å². The molecule has 0 amide bonds. The molecule has 0 atom stereocenters. The summed E-state index contributed by atoms with van der Waals surface area (Å²) in [5, 5.41) is 2.72. The van der Waals surface area contributed by atoms with E-state index in [1.54, 1.807) is 0 Å². The Bertz CT molecular complexity index is 586. The Morgan fingerprint density at radius 1 is 1.12 bits per heavy atom. The minimum Gasteiger partial charge on any atom is -0.369 e. The summed E-state index contributed by atoms with van der Waals surface area (Å²) < 4.78 is 0. The molecule has 0 aromatic carbocycles. The number of aromatic nitrogens is 5. The molecule has 8 nitrogen and oxygen atoms in total. The van der Waals surface area contributed by atoms with Crippen LogP contribution in [0.2, 0.25) is 0 Å². The highest BCUT2D eigenvalue weighted by atomic mass is 16.1. The Kier molecular flexibility index (Phi) is 2.69. The van der Waals surface area contributed by atoms with E-state index >= 15 is 0 Å². The molecule has 0 radical (unpaired) electrons. The Morgan fingerprint density at radius 2 is 1.71 bits per heavy atom. The lowest BCUT2D eigenvalue weighted by Gasteiger charge is -2.04. The number of aryl methyl sites for hydroxylation is 2. The van der Waals surface area contributed by atoms with Gasteiger partial charge in [-0.15, -0.1) is 0 Å². The second-order valence-corrected chi connectivity index (χ2v) is 3.46. The van der Waals surface area contributed by atoms with Crippen LogP contribution in [0.25, 0.3) is 0 Å². The van der Waals surface area contributed by atoms with E-state index in [9.17, 15) is 4.79 Å². The van der Waals surface area contributed by atoms with Gasteiger partial charge in [0, 0.05) is 11.4 Å². The van der Waals surface area contributed by atoms with Gasteiger partial charge in [0.25, 0.3) is 0 Å². The first-order chi connectivity index (χ1) is 8.02. The number of nitrogen functional groups attached to an aromatic ring is 1.